The Morgan fingerprint density at radius 2 is 1.86 bits per heavy atom. The van der Waals surface area contributed by atoms with Crippen molar-refractivity contribution in [3.8, 4) is 0 Å². The lowest BCUT2D eigenvalue weighted by atomic mass is 9.87. The van der Waals surface area contributed by atoms with Crippen LogP contribution < -0.4 is 10.6 Å². The van der Waals surface area contributed by atoms with Crippen LogP contribution in [-0.2, 0) is 33.3 Å². The van der Waals surface area contributed by atoms with Crippen molar-refractivity contribution in [2.75, 3.05) is 6.61 Å². The van der Waals surface area contributed by atoms with Crippen molar-refractivity contribution in [3.05, 3.63) is 36.0 Å². The summed E-state index contributed by atoms with van der Waals surface area (Å²) in [5, 5.41) is 17.0. The monoisotopic (exact) mass is 588 g/mol. The summed E-state index contributed by atoms with van der Waals surface area (Å²) in [5.41, 5.74) is 0.406. The van der Waals surface area contributed by atoms with Crippen LogP contribution in [0.1, 0.15) is 79.6 Å². The standard InChI is InChI=1S/C32H48N2O8/c1-19(9-12-27-20(2)15-26(22(4)41-27)34-29(36)14-11-21(3)40-23(5)35)10-13-28-31(38)32(18-39-32)17-25(42-28)16-30(37)33-24-7-6-8-24/h9-11,13-14,20-22,24-28,31,38H,6-8,12,15-18H2,1-5H3,(H,33,37)(H,34,36)/b13-10+,14-11-,19-9+/t20?,21?,22?,25-,26?,27+,28-,31-,32?/m1/s1. The highest BCUT2D eigenvalue weighted by Gasteiger charge is 2.58. The van der Waals surface area contributed by atoms with E-state index >= 15 is 0 Å². The number of aliphatic hydroxyl groups is 1. The van der Waals surface area contributed by atoms with Gasteiger partial charge in [-0.15, -0.1) is 0 Å². The molecule has 0 aromatic heterocycles. The molecule has 0 aromatic rings. The molecule has 3 aliphatic heterocycles. The molecule has 4 aliphatic rings. The van der Waals surface area contributed by atoms with Gasteiger partial charge in [-0.25, -0.2) is 0 Å². The van der Waals surface area contributed by atoms with Crippen molar-refractivity contribution in [3.63, 3.8) is 0 Å². The van der Waals surface area contributed by atoms with E-state index in [0.717, 1.165) is 31.3 Å². The number of epoxide rings is 1. The van der Waals surface area contributed by atoms with Crippen LogP contribution in [0, 0.1) is 5.92 Å². The Kier molecular flexibility index (Phi) is 11.0. The van der Waals surface area contributed by atoms with Crippen molar-refractivity contribution in [1.82, 2.24) is 10.6 Å². The molecule has 1 saturated carbocycles. The zero-order chi connectivity index (χ0) is 30.4. The Bertz CT molecular complexity index is 1060. The van der Waals surface area contributed by atoms with Crippen LogP contribution in [0.15, 0.2) is 36.0 Å². The van der Waals surface area contributed by atoms with E-state index in [2.05, 4.69) is 23.6 Å². The lowest BCUT2D eigenvalue weighted by molar-refractivity contribution is -0.146. The Morgan fingerprint density at radius 1 is 1.12 bits per heavy atom. The van der Waals surface area contributed by atoms with Crippen LogP contribution in [-0.4, -0.2) is 83.8 Å². The van der Waals surface area contributed by atoms with Crippen molar-refractivity contribution >= 4 is 17.8 Å². The lowest BCUT2D eigenvalue weighted by Crippen LogP contribution is -2.51. The highest BCUT2D eigenvalue weighted by molar-refractivity contribution is 5.87. The first kappa shape index (κ1) is 32.4. The summed E-state index contributed by atoms with van der Waals surface area (Å²) in [6, 6.07) is 0.170. The van der Waals surface area contributed by atoms with Gasteiger partial charge in [0.25, 0.3) is 0 Å². The number of nitrogens with one attached hydrogen (secondary N) is 2. The van der Waals surface area contributed by atoms with Gasteiger partial charge in [0.15, 0.2) is 0 Å². The average Bonchev–Trinajstić information content (AvgIpc) is 3.67. The van der Waals surface area contributed by atoms with Crippen LogP contribution in [0.3, 0.4) is 0 Å². The third-order valence-electron chi connectivity index (χ3n) is 8.81. The smallest absolute Gasteiger partial charge is 0.303 e. The molecule has 0 aromatic carbocycles. The maximum Gasteiger partial charge on any atom is 0.303 e. The number of carbonyl (C=O) groups is 3. The molecule has 10 heteroatoms. The zero-order valence-corrected chi connectivity index (χ0v) is 25.5. The first-order valence-electron chi connectivity index (χ1n) is 15.4. The van der Waals surface area contributed by atoms with E-state index in [0.29, 0.717) is 19.4 Å². The van der Waals surface area contributed by atoms with Gasteiger partial charge in [-0.2, -0.15) is 0 Å². The number of hydrogen-bond donors (Lipinski definition) is 3. The molecule has 42 heavy (non-hydrogen) atoms. The van der Waals surface area contributed by atoms with Crippen molar-refractivity contribution in [1.29, 1.82) is 0 Å². The lowest BCUT2D eigenvalue weighted by Gasteiger charge is -2.39. The predicted molar refractivity (Wildman–Crippen MR) is 156 cm³/mol. The molecule has 0 radical (unpaired) electrons. The van der Waals surface area contributed by atoms with Gasteiger partial charge in [0, 0.05) is 25.5 Å². The zero-order valence-electron chi connectivity index (χ0n) is 25.5. The predicted octanol–water partition coefficient (Wildman–Crippen LogP) is 3.03. The number of hydrogen-bond acceptors (Lipinski definition) is 8. The fraction of sp³-hybridized carbons (Fsp3) is 0.719. The molecule has 4 rings (SSSR count). The van der Waals surface area contributed by atoms with Crippen LogP contribution in [0.5, 0.6) is 0 Å². The average molecular weight is 589 g/mol. The number of esters is 1. The summed E-state index contributed by atoms with van der Waals surface area (Å²) in [4.78, 5) is 35.9. The van der Waals surface area contributed by atoms with E-state index in [1.54, 1.807) is 13.0 Å². The number of aliphatic hydroxyl groups excluding tert-OH is 1. The molecule has 4 fully saturated rings. The van der Waals surface area contributed by atoms with E-state index in [1.807, 2.05) is 26.0 Å². The minimum atomic E-state index is -0.776. The highest BCUT2D eigenvalue weighted by Crippen LogP contribution is 2.43. The van der Waals surface area contributed by atoms with Gasteiger partial charge in [0.2, 0.25) is 11.8 Å². The molecule has 1 spiro atoms. The highest BCUT2D eigenvalue weighted by atomic mass is 16.6. The van der Waals surface area contributed by atoms with E-state index in [1.165, 1.54) is 13.0 Å². The minimum absolute atomic E-state index is 0.00124. The largest absolute Gasteiger partial charge is 0.459 e. The Morgan fingerprint density at radius 3 is 2.50 bits per heavy atom. The van der Waals surface area contributed by atoms with Crippen molar-refractivity contribution < 1.29 is 38.4 Å². The quantitative estimate of drug-likeness (QED) is 0.145. The maximum atomic E-state index is 12.5. The molecular formula is C32H48N2O8. The van der Waals surface area contributed by atoms with Crippen LogP contribution in [0.25, 0.3) is 0 Å². The molecular weight excluding hydrogens is 540 g/mol. The van der Waals surface area contributed by atoms with E-state index < -0.39 is 29.9 Å². The molecule has 9 atom stereocenters. The SMILES string of the molecule is CC(=O)OC(C)/C=C\C(=O)NC1CC(C)[C@H](C/C=C(C)/C=C/[C@H]2O[C@H](CC(=O)NC3CCC3)CC3(CO3)[C@@H]2O)OC1C. The fourth-order valence-electron chi connectivity index (χ4n) is 5.93. The third-order valence-corrected chi connectivity index (χ3v) is 8.81. The molecule has 3 saturated heterocycles. The van der Waals surface area contributed by atoms with Crippen LogP contribution in [0.4, 0.5) is 0 Å². The van der Waals surface area contributed by atoms with Gasteiger partial charge in [0.05, 0.1) is 37.4 Å². The minimum Gasteiger partial charge on any atom is -0.459 e. The van der Waals surface area contributed by atoms with E-state index in [-0.39, 0.29) is 54.5 Å². The fourth-order valence-corrected chi connectivity index (χ4v) is 5.93. The second kappa shape index (κ2) is 14.3. The first-order chi connectivity index (χ1) is 19.9. The van der Waals surface area contributed by atoms with Gasteiger partial charge in [0.1, 0.15) is 23.9 Å². The Hall–Kier alpha value is -2.53. The summed E-state index contributed by atoms with van der Waals surface area (Å²) in [7, 11) is 0. The molecule has 5 unspecified atom stereocenters. The number of allylic oxidation sites excluding steroid dienone is 2. The van der Waals surface area contributed by atoms with Crippen molar-refractivity contribution in [2.45, 2.75) is 134 Å². The van der Waals surface area contributed by atoms with Gasteiger partial charge in [-0.05, 0) is 64.9 Å². The first-order valence-corrected chi connectivity index (χ1v) is 15.4. The molecule has 1 aliphatic carbocycles. The molecule has 3 heterocycles. The molecule has 3 N–H and O–H groups in total. The second-order valence-corrected chi connectivity index (χ2v) is 12.5. The van der Waals surface area contributed by atoms with Gasteiger partial charge >= 0.3 is 5.97 Å². The number of rotatable bonds is 11. The van der Waals surface area contributed by atoms with E-state index in [4.69, 9.17) is 18.9 Å². The van der Waals surface area contributed by atoms with Crippen molar-refractivity contribution in [2.24, 2.45) is 5.92 Å². The van der Waals surface area contributed by atoms with Gasteiger partial charge in [-0.3, -0.25) is 14.4 Å². The topological polar surface area (TPSA) is 136 Å². The molecule has 0 bridgehead atoms. The molecule has 234 valence electrons. The third kappa shape index (κ3) is 8.99. The Labute approximate surface area is 249 Å². The normalized spacial score (nSPS) is 36.0. The number of ether oxygens (including phenoxy) is 4. The summed E-state index contributed by atoms with van der Waals surface area (Å²) in [6.07, 6.45) is 12.2. The number of carbonyl (C=O) groups excluding carboxylic acids is 3. The summed E-state index contributed by atoms with van der Waals surface area (Å²) < 4.78 is 23.1. The van der Waals surface area contributed by atoms with E-state index in [9.17, 15) is 19.5 Å². The van der Waals surface area contributed by atoms with Crippen LogP contribution in [0.2, 0.25) is 0 Å². The second-order valence-electron chi connectivity index (χ2n) is 12.5. The Balaban J connectivity index is 1.25. The van der Waals surface area contributed by atoms with Gasteiger partial charge in [-0.1, -0.05) is 30.7 Å². The maximum absolute atomic E-state index is 12.5. The summed E-state index contributed by atoms with van der Waals surface area (Å²) in [6.45, 7) is 9.60. The number of amides is 2. The summed E-state index contributed by atoms with van der Waals surface area (Å²) >= 11 is 0. The van der Waals surface area contributed by atoms with Gasteiger partial charge < -0.3 is 34.7 Å². The molecule has 2 amide bonds. The van der Waals surface area contributed by atoms with Crippen LogP contribution >= 0.6 is 0 Å². The molecule has 10 nitrogen and oxygen atoms in total. The summed E-state index contributed by atoms with van der Waals surface area (Å²) in [5.74, 6) is -0.409.